The maximum atomic E-state index is 12.6. The van der Waals surface area contributed by atoms with Gasteiger partial charge in [0.05, 0.1) is 13.0 Å². The van der Waals surface area contributed by atoms with E-state index >= 15 is 0 Å². The van der Waals surface area contributed by atoms with Crippen molar-refractivity contribution in [1.82, 2.24) is 10.2 Å². The fraction of sp³-hybridized carbons (Fsp3) is 0.526. The van der Waals surface area contributed by atoms with Crippen molar-refractivity contribution in [2.75, 3.05) is 33.4 Å². The van der Waals surface area contributed by atoms with Crippen molar-refractivity contribution >= 4 is 17.8 Å². The molecule has 1 rings (SSSR count). The van der Waals surface area contributed by atoms with Crippen molar-refractivity contribution in [2.45, 2.75) is 27.7 Å². The standard InChI is InChI=1S/C19H28N2O5/c1-13-7-6-8-17(15(13)3)26-12-18(23)21(10-9-20-16(4)22)11-14(2)19(24)25-5/h6-8,14H,9-12H2,1-5H3,(H,20,22). The monoisotopic (exact) mass is 364 g/mol. The van der Waals surface area contributed by atoms with Crippen LogP contribution >= 0.6 is 0 Å². The molecule has 0 heterocycles. The van der Waals surface area contributed by atoms with Crippen molar-refractivity contribution in [3.63, 3.8) is 0 Å². The molecule has 1 aromatic rings. The Bertz CT molecular complexity index is 645. The van der Waals surface area contributed by atoms with Crippen LogP contribution in [0.15, 0.2) is 18.2 Å². The predicted molar refractivity (Wildman–Crippen MR) is 97.9 cm³/mol. The van der Waals surface area contributed by atoms with Crippen molar-refractivity contribution in [1.29, 1.82) is 0 Å². The predicted octanol–water partition coefficient (Wildman–Crippen LogP) is 1.46. The lowest BCUT2D eigenvalue weighted by atomic mass is 10.1. The van der Waals surface area contributed by atoms with Gasteiger partial charge in [0.2, 0.25) is 5.91 Å². The van der Waals surface area contributed by atoms with Crippen LogP contribution in [0.25, 0.3) is 0 Å². The number of rotatable bonds is 9. The molecule has 1 unspecified atom stereocenters. The van der Waals surface area contributed by atoms with E-state index in [0.717, 1.165) is 11.1 Å². The van der Waals surface area contributed by atoms with Gasteiger partial charge in [-0.25, -0.2) is 0 Å². The first-order valence-corrected chi connectivity index (χ1v) is 8.55. The number of nitrogens with zero attached hydrogens (tertiary/aromatic N) is 1. The lowest BCUT2D eigenvalue weighted by molar-refractivity contribution is -0.146. The Morgan fingerprint density at radius 1 is 1.23 bits per heavy atom. The molecule has 1 N–H and O–H groups in total. The molecule has 0 spiro atoms. The van der Waals surface area contributed by atoms with Gasteiger partial charge in [-0.05, 0) is 31.0 Å². The number of esters is 1. The van der Waals surface area contributed by atoms with E-state index in [1.165, 1.54) is 18.9 Å². The summed E-state index contributed by atoms with van der Waals surface area (Å²) in [5, 5.41) is 2.65. The summed E-state index contributed by atoms with van der Waals surface area (Å²) in [6, 6.07) is 5.66. The molecule has 0 aliphatic heterocycles. The average molecular weight is 364 g/mol. The summed E-state index contributed by atoms with van der Waals surface area (Å²) in [6.45, 7) is 7.65. The minimum Gasteiger partial charge on any atom is -0.483 e. The zero-order valence-electron chi connectivity index (χ0n) is 16.1. The van der Waals surface area contributed by atoms with Gasteiger partial charge in [0.15, 0.2) is 6.61 Å². The van der Waals surface area contributed by atoms with Gasteiger partial charge < -0.3 is 19.7 Å². The van der Waals surface area contributed by atoms with Gasteiger partial charge in [0, 0.05) is 26.6 Å². The van der Waals surface area contributed by atoms with E-state index in [-0.39, 0.29) is 31.5 Å². The van der Waals surface area contributed by atoms with Crippen molar-refractivity contribution in [3.8, 4) is 5.75 Å². The first kappa shape index (κ1) is 21.5. The minimum atomic E-state index is -0.470. The van der Waals surface area contributed by atoms with Gasteiger partial charge >= 0.3 is 5.97 Å². The molecule has 7 heteroatoms. The van der Waals surface area contributed by atoms with Gasteiger partial charge in [0.25, 0.3) is 5.91 Å². The van der Waals surface area contributed by atoms with Crippen LogP contribution in [0.5, 0.6) is 5.75 Å². The summed E-state index contributed by atoms with van der Waals surface area (Å²) in [4.78, 5) is 36.8. The third kappa shape index (κ3) is 6.74. The number of ether oxygens (including phenoxy) is 2. The summed E-state index contributed by atoms with van der Waals surface area (Å²) < 4.78 is 10.4. The smallest absolute Gasteiger partial charge is 0.310 e. The molecule has 0 aromatic heterocycles. The first-order valence-electron chi connectivity index (χ1n) is 8.55. The second-order valence-corrected chi connectivity index (χ2v) is 6.23. The molecule has 1 atom stereocenters. The number of carbonyl (C=O) groups is 3. The summed E-state index contributed by atoms with van der Waals surface area (Å²) in [6.07, 6.45) is 0. The summed E-state index contributed by atoms with van der Waals surface area (Å²) in [7, 11) is 1.31. The van der Waals surface area contributed by atoms with Gasteiger partial charge in [-0.2, -0.15) is 0 Å². The van der Waals surface area contributed by atoms with E-state index in [9.17, 15) is 14.4 Å². The molecule has 7 nitrogen and oxygen atoms in total. The molecule has 144 valence electrons. The lowest BCUT2D eigenvalue weighted by Gasteiger charge is -2.25. The topological polar surface area (TPSA) is 84.9 Å². The van der Waals surface area contributed by atoms with Crippen molar-refractivity contribution in [2.24, 2.45) is 5.92 Å². The molecule has 2 amide bonds. The Labute approximate surface area is 154 Å². The number of aryl methyl sites for hydroxylation is 1. The molecule has 26 heavy (non-hydrogen) atoms. The summed E-state index contributed by atoms with van der Waals surface area (Å²) in [5.41, 5.74) is 2.06. The van der Waals surface area contributed by atoms with Crippen molar-refractivity contribution < 1.29 is 23.9 Å². The Hall–Kier alpha value is -2.57. The zero-order valence-corrected chi connectivity index (χ0v) is 16.1. The Kier molecular flexibility index (Phi) is 8.61. The lowest BCUT2D eigenvalue weighted by Crippen LogP contribution is -2.43. The van der Waals surface area contributed by atoms with E-state index in [1.54, 1.807) is 6.92 Å². The van der Waals surface area contributed by atoms with Crippen LogP contribution in [0.1, 0.15) is 25.0 Å². The Morgan fingerprint density at radius 3 is 2.54 bits per heavy atom. The SMILES string of the molecule is COC(=O)C(C)CN(CCNC(C)=O)C(=O)COc1cccc(C)c1C. The molecule has 0 fully saturated rings. The van der Waals surface area contributed by atoms with Gasteiger partial charge in [-0.3, -0.25) is 14.4 Å². The highest BCUT2D eigenvalue weighted by Crippen LogP contribution is 2.20. The molecule has 0 saturated heterocycles. The second-order valence-electron chi connectivity index (χ2n) is 6.23. The van der Waals surface area contributed by atoms with Crippen LogP contribution in [0, 0.1) is 19.8 Å². The number of carbonyl (C=O) groups excluding carboxylic acids is 3. The van der Waals surface area contributed by atoms with E-state index < -0.39 is 11.9 Å². The number of amides is 2. The molecule has 0 bridgehead atoms. The third-order valence-corrected chi connectivity index (χ3v) is 4.11. The van der Waals surface area contributed by atoms with Crippen molar-refractivity contribution in [3.05, 3.63) is 29.3 Å². The molecule has 0 saturated carbocycles. The quantitative estimate of drug-likeness (QED) is 0.671. The van der Waals surface area contributed by atoms with Crippen LogP contribution in [-0.2, 0) is 19.1 Å². The number of nitrogens with one attached hydrogen (secondary N) is 1. The largest absolute Gasteiger partial charge is 0.483 e. The molecule has 0 aliphatic rings. The number of benzene rings is 1. The third-order valence-electron chi connectivity index (χ3n) is 4.11. The number of hydrogen-bond acceptors (Lipinski definition) is 5. The summed E-state index contributed by atoms with van der Waals surface area (Å²) >= 11 is 0. The van der Waals surface area contributed by atoms with Gasteiger partial charge in [0.1, 0.15) is 5.75 Å². The van der Waals surface area contributed by atoms with Crippen LogP contribution in [-0.4, -0.2) is 56.0 Å². The van der Waals surface area contributed by atoms with E-state index in [1.807, 2.05) is 32.0 Å². The van der Waals surface area contributed by atoms with Crippen LogP contribution in [0.2, 0.25) is 0 Å². The van der Waals surface area contributed by atoms with Gasteiger partial charge in [-0.15, -0.1) is 0 Å². The van der Waals surface area contributed by atoms with E-state index in [0.29, 0.717) is 12.3 Å². The van der Waals surface area contributed by atoms with Crippen LogP contribution in [0.4, 0.5) is 0 Å². The van der Waals surface area contributed by atoms with Crippen LogP contribution in [0.3, 0.4) is 0 Å². The van der Waals surface area contributed by atoms with E-state index in [2.05, 4.69) is 5.32 Å². The molecular weight excluding hydrogens is 336 g/mol. The van der Waals surface area contributed by atoms with Crippen LogP contribution < -0.4 is 10.1 Å². The summed E-state index contributed by atoms with van der Waals surface area (Å²) in [5.74, 6) is -0.641. The molecule has 1 aromatic carbocycles. The van der Waals surface area contributed by atoms with Gasteiger partial charge in [-0.1, -0.05) is 19.1 Å². The highest BCUT2D eigenvalue weighted by molar-refractivity contribution is 5.79. The zero-order chi connectivity index (χ0) is 19.7. The second kappa shape index (κ2) is 10.4. The highest BCUT2D eigenvalue weighted by Gasteiger charge is 2.22. The fourth-order valence-corrected chi connectivity index (χ4v) is 2.40. The molecule has 0 aliphatic carbocycles. The number of hydrogen-bond donors (Lipinski definition) is 1. The Morgan fingerprint density at radius 2 is 1.92 bits per heavy atom. The molecule has 0 radical (unpaired) electrons. The fourth-order valence-electron chi connectivity index (χ4n) is 2.40. The minimum absolute atomic E-state index is 0.141. The highest BCUT2D eigenvalue weighted by atomic mass is 16.5. The Balaban J connectivity index is 2.73. The first-order chi connectivity index (χ1) is 12.3. The normalized spacial score (nSPS) is 11.4. The molecular formula is C19H28N2O5. The maximum Gasteiger partial charge on any atom is 0.310 e. The van der Waals surface area contributed by atoms with E-state index in [4.69, 9.17) is 9.47 Å². The number of methoxy groups -OCH3 is 1. The average Bonchev–Trinajstić information content (AvgIpc) is 2.60. The maximum absolute atomic E-state index is 12.6.